The number of hydrogen-bond donors (Lipinski definition) is 1. The Bertz CT molecular complexity index is 1020. The fraction of sp³-hybridized carbons (Fsp3) is 0.300. The Morgan fingerprint density at radius 2 is 1.93 bits per heavy atom. The molecule has 4 rings (SSSR count). The van der Waals surface area contributed by atoms with Gasteiger partial charge in [0.2, 0.25) is 0 Å². The number of nitrogens with zero attached hydrogens (tertiary/aromatic N) is 1. The summed E-state index contributed by atoms with van der Waals surface area (Å²) in [5.41, 5.74) is -1.43. The molecule has 2 aliphatic rings. The molecule has 1 unspecified atom stereocenters. The van der Waals surface area contributed by atoms with Crippen LogP contribution in [0.15, 0.2) is 30.3 Å². The van der Waals surface area contributed by atoms with E-state index in [9.17, 15) is 18.4 Å². The largest absolute Gasteiger partial charge is 0.489 e. The smallest absolute Gasteiger partial charge is 0.325 e. The monoisotopic (exact) mass is 422 g/mol. The molecular weight excluding hydrogens is 406 g/mol. The third-order valence-electron chi connectivity index (χ3n) is 4.94. The standard InChI is InChI=1S/C20H17ClF2N2O4/c1-20(13-9-12(22)3-4-15(13)23)18(26)25(19(27)24-20)10-11-7-14(21)17-16(8-11)28-5-2-6-29-17/h3-4,7-9H,2,5-6,10H2,1H3,(H,24,27). The quantitative estimate of drug-likeness (QED) is 0.765. The number of urea groups is 1. The number of imide groups is 1. The predicted octanol–water partition coefficient (Wildman–Crippen LogP) is 3.75. The molecule has 1 fully saturated rings. The first-order chi connectivity index (χ1) is 13.8. The molecule has 0 spiro atoms. The van der Waals surface area contributed by atoms with Gasteiger partial charge >= 0.3 is 6.03 Å². The van der Waals surface area contributed by atoms with Gasteiger partial charge in [0.25, 0.3) is 5.91 Å². The van der Waals surface area contributed by atoms with Gasteiger partial charge in [0.1, 0.15) is 17.2 Å². The molecule has 6 nitrogen and oxygen atoms in total. The lowest BCUT2D eigenvalue weighted by Gasteiger charge is -2.23. The molecule has 1 N–H and O–H groups in total. The Labute approximate surface area is 170 Å². The first-order valence-electron chi connectivity index (χ1n) is 8.97. The number of fused-ring (bicyclic) bond motifs is 1. The van der Waals surface area contributed by atoms with Gasteiger partial charge in [-0.25, -0.2) is 13.6 Å². The van der Waals surface area contributed by atoms with Crippen molar-refractivity contribution in [2.24, 2.45) is 0 Å². The number of carbonyl (C=O) groups is 2. The molecule has 2 heterocycles. The van der Waals surface area contributed by atoms with E-state index in [0.717, 1.165) is 23.1 Å². The summed E-state index contributed by atoms with van der Waals surface area (Å²) >= 11 is 6.27. The van der Waals surface area contributed by atoms with Gasteiger partial charge in [0.05, 0.1) is 24.8 Å². The average molecular weight is 423 g/mol. The molecule has 29 heavy (non-hydrogen) atoms. The predicted molar refractivity (Wildman–Crippen MR) is 99.9 cm³/mol. The lowest BCUT2D eigenvalue weighted by molar-refractivity contribution is -0.131. The minimum absolute atomic E-state index is 0.118. The van der Waals surface area contributed by atoms with Crippen molar-refractivity contribution in [2.45, 2.75) is 25.4 Å². The van der Waals surface area contributed by atoms with Gasteiger partial charge < -0.3 is 14.8 Å². The second-order valence-electron chi connectivity index (χ2n) is 7.03. The van der Waals surface area contributed by atoms with E-state index in [4.69, 9.17) is 21.1 Å². The van der Waals surface area contributed by atoms with Crippen molar-refractivity contribution in [3.8, 4) is 11.5 Å². The van der Waals surface area contributed by atoms with E-state index in [-0.39, 0.29) is 12.1 Å². The lowest BCUT2D eigenvalue weighted by Crippen LogP contribution is -2.41. The number of rotatable bonds is 3. The summed E-state index contributed by atoms with van der Waals surface area (Å²) in [6.07, 6.45) is 0.699. The Morgan fingerprint density at radius 3 is 2.72 bits per heavy atom. The topological polar surface area (TPSA) is 67.9 Å². The van der Waals surface area contributed by atoms with Crippen LogP contribution >= 0.6 is 11.6 Å². The van der Waals surface area contributed by atoms with Gasteiger partial charge in [-0.2, -0.15) is 0 Å². The maximum atomic E-state index is 14.3. The van der Waals surface area contributed by atoms with Crippen LogP contribution in [0.4, 0.5) is 13.6 Å². The highest BCUT2D eigenvalue weighted by atomic mass is 35.5. The van der Waals surface area contributed by atoms with E-state index < -0.39 is 29.1 Å². The van der Waals surface area contributed by atoms with Crippen molar-refractivity contribution in [3.63, 3.8) is 0 Å². The minimum atomic E-state index is -1.72. The van der Waals surface area contributed by atoms with Gasteiger partial charge in [-0.15, -0.1) is 0 Å². The third kappa shape index (κ3) is 3.37. The van der Waals surface area contributed by atoms with Crippen molar-refractivity contribution >= 4 is 23.5 Å². The van der Waals surface area contributed by atoms with Crippen molar-refractivity contribution in [2.75, 3.05) is 13.2 Å². The number of hydrogen-bond acceptors (Lipinski definition) is 4. The normalized spacial score (nSPS) is 21.2. The summed E-state index contributed by atoms with van der Waals surface area (Å²) in [5, 5.41) is 2.76. The van der Waals surface area contributed by atoms with Crippen LogP contribution in [0.2, 0.25) is 5.02 Å². The van der Waals surface area contributed by atoms with Crippen molar-refractivity contribution < 1.29 is 27.8 Å². The SMILES string of the molecule is CC1(c2cc(F)ccc2F)NC(=O)N(Cc2cc(Cl)c3c(c2)OCCCO3)C1=O. The summed E-state index contributed by atoms with van der Waals surface area (Å²) in [6.45, 7) is 2.14. The van der Waals surface area contributed by atoms with Crippen LogP contribution in [0.5, 0.6) is 11.5 Å². The number of nitrogens with one attached hydrogen (secondary N) is 1. The van der Waals surface area contributed by atoms with Crippen molar-refractivity contribution in [1.82, 2.24) is 10.2 Å². The molecule has 0 aromatic heterocycles. The highest BCUT2D eigenvalue weighted by molar-refractivity contribution is 6.32. The van der Waals surface area contributed by atoms with Crippen LogP contribution in [0.1, 0.15) is 24.5 Å². The van der Waals surface area contributed by atoms with Crippen LogP contribution in [0.3, 0.4) is 0 Å². The molecule has 3 amide bonds. The fourth-order valence-electron chi connectivity index (χ4n) is 3.46. The molecule has 152 valence electrons. The van der Waals surface area contributed by atoms with Crippen molar-refractivity contribution in [3.05, 3.63) is 58.1 Å². The van der Waals surface area contributed by atoms with Gasteiger partial charge in [-0.3, -0.25) is 9.69 Å². The highest BCUT2D eigenvalue weighted by Crippen LogP contribution is 2.39. The Balaban J connectivity index is 1.64. The second-order valence-corrected chi connectivity index (χ2v) is 7.43. The number of halogens is 3. The van der Waals surface area contributed by atoms with Crippen LogP contribution in [0.25, 0.3) is 0 Å². The van der Waals surface area contributed by atoms with Gasteiger partial charge in [-0.05, 0) is 42.8 Å². The fourth-order valence-corrected chi connectivity index (χ4v) is 3.75. The first-order valence-corrected chi connectivity index (χ1v) is 9.35. The Morgan fingerprint density at radius 1 is 1.17 bits per heavy atom. The van der Waals surface area contributed by atoms with Gasteiger partial charge in [0.15, 0.2) is 11.5 Å². The molecular formula is C20H17ClF2N2O4. The van der Waals surface area contributed by atoms with Crippen LogP contribution < -0.4 is 14.8 Å². The lowest BCUT2D eigenvalue weighted by atomic mass is 9.91. The zero-order chi connectivity index (χ0) is 20.8. The summed E-state index contributed by atoms with van der Waals surface area (Å²) < 4.78 is 39.1. The van der Waals surface area contributed by atoms with E-state index in [0.29, 0.717) is 41.7 Å². The van der Waals surface area contributed by atoms with E-state index >= 15 is 0 Å². The molecule has 2 aromatic carbocycles. The number of ether oxygens (including phenoxy) is 2. The minimum Gasteiger partial charge on any atom is -0.489 e. The maximum absolute atomic E-state index is 14.3. The molecule has 0 bridgehead atoms. The Kier molecular flexibility index (Phi) is 4.82. The summed E-state index contributed by atoms with van der Waals surface area (Å²) in [4.78, 5) is 26.4. The molecule has 9 heteroatoms. The number of amides is 3. The second kappa shape index (κ2) is 7.18. The highest BCUT2D eigenvalue weighted by Gasteiger charge is 2.50. The van der Waals surface area contributed by atoms with E-state index in [2.05, 4.69) is 5.32 Å². The Hall–Kier alpha value is -2.87. The van der Waals surface area contributed by atoms with Gasteiger partial charge in [0, 0.05) is 12.0 Å². The van der Waals surface area contributed by atoms with E-state index in [1.54, 1.807) is 12.1 Å². The zero-order valence-corrected chi connectivity index (χ0v) is 16.2. The van der Waals surface area contributed by atoms with E-state index in [1.807, 2.05) is 0 Å². The summed E-state index contributed by atoms with van der Waals surface area (Å²) in [7, 11) is 0. The number of carbonyl (C=O) groups excluding carboxylic acids is 2. The van der Waals surface area contributed by atoms with Crippen LogP contribution in [0, 0.1) is 11.6 Å². The van der Waals surface area contributed by atoms with Gasteiger partial charge in [-0.1, -0.05) is 11.6 Å². The molecule has 2 aromatic rings. The summed E-state index contributed by atoms with van der Waals surface area (Å²) in [6, 6.07) is 5.27. The third-order valence-corrected chi connectivity index (χ3v) is 5.23. The van der Waals surface area contributed by atoms with Crippen LogP contribution in [-0.4, -0.2) is 30.1 Å². The number of benzene rings is 2. The molecule has 0 saturated carbocycles. The zero-order valence-electron chi connectivity index (χ0n) is 15.4. The molecule has 2 aliphatic heterocycles. The van der Waals surface area contributed by atoms with Crippen molar-refractivity contribution in [1.29, 1.82) is 0 Å². The molecule has 1 atom stereocenters. The first kappa shape index (κ1) is 19.4. The van der Waals surface area contributed by atoms with Crippen LogP contribution in [-0.2, 0) is 16.9 Å². The van der Waals surface area contributed by atoms with E-state index in [1.165, 1.54) is 6.92 Å². The molecule has 1 saturated heterocycles. The molecule has 0 radical (unpaired) electrons. The average Bonchev–Trinajstić information content (AvgIpc) is 2.85. The molecule has 0 aliphatic carbocycles. The maximum Gasteiger partial charge on any atom is 0.325 e. The summed E-state index contributed by atoms with van der Waals surface area (Å²) in [5.74, 6) is -1.36.